The molecule has 1 aliphatic carbocycles. The van der Waals surface area contributed by atoms with E-state index in [2.05, 4.69) is 46.3 Å². The lowest BCUT2D eigenvalue weighted by molar-refractivity contribution is 0.206. The molecule has 1 aromatic carbocycles. The standard InChI is InChI=1S/C12H15BrS/c13-9-12(7-4-8-12)10-14-11-5-2-1-3-6-11/h1-3,5-6H,4,7-10H2. The fourth-order valence-electron chi connectivity index (χ4n) is 1.75. The van der Waals surface area contributed by atoms with Crippen molar-refractivity contribution >= 4 is 27.7 Å². The summed E-state index contributed by atoms with van der Waals surface area (Å²) in [4.78, 5) is 1.40. The summed E-state index contributed by atoms with van der Waals surface area (Å²) in [6.45, 7) is 0. The number of hydrogen-bond donors (Lipinski definition) is 0. The van der Waals surface area contributed by atoms with Crippen molar-refractivity contribution < 1.29 is 0 Å². The quantitative estimate of drug-likeness (QED) is 0.579. The van der Waals surface area contributed by atoms with E-state index in [1.54, 1.807) is 0 Å². The maximum Gasteiger partial charge on any atom is 0.00959 e. The summed E-state index contributed by atoms with van der Waals surface area (Å²) >= 11 is 5.64. The number of thioether (sulfide) groups is 1. The first-order valence-electron chi connectivity index (χ1n) is 5.08. The lowest BCUT2D eigenvalue weighted by atomic mass is 9.72. The maximum atomic E-state index is 3.64. The number of benzene rings is 1. The van der Waals surface area contributed by atoms with Crippen LogP contribution in [0.4, 0.5) is 0 Å². The summed E-state index contributed by atoms with van der Waals surface area (Å²) < 4.78 is 0. The average molecular weight is 271 g/mol. The molecule has 0 radical (unpaired) electrons. The van der Waals surface area contributed by atoms with Crippen LogP contribution in [0.5, 0.6) is 0 Å². The normalized spacial score (nSPS) is 18.9. The Labute approximate surface area is 98.6 Å². The molecule has 0 unspecified atom stereocenters. The minimum Gasteiger partial charge on any atom is -0.126 e. The summed E-state index contributed by atoms with van der Waals surface area (Å²) in [5.74, 6) is 1.27. The van der Waals surface area contributed by atoms with E-state index in [0.29, 0.717) is 5.41 Å². The van der Waals surface area contributed by atoms with Crippen LogP contribution in [0.15, 0.2) is 35.2 Å². The van der Waals surface area contributed by atoms with Crippen molar-refractivity contribution in [1.29, 1.82) is 0 Å². The van der Waals surface area contributed by atoms with Gasteiger partial charge in [-0.05, 0) is 30.4 Å². The topological polar surface area (TPSA) is 0 Å². The third-order valence-electron chi connectivity index (χ3n) is 2.99. The van der Waals surface area contributed by atoms with Crippen molar-refractivity contribution in [2.24, 2.45) is 5.41 Å². The summed E-state index contributed by atoms with van der Waals surface area (Å²) in [7, 11) is 0. The monoisotopic (exact) mass is 270 g/mol. The molecule has 0 amide bonds. The minimum absolute atomic E-state index is 0.598. The molecular weight excluding hydrogens is 256 g/mol. The van der Waals surface area contributed by atoms with Gasteiger partial charge in [0.05, 0.1) is 0 Å². The second kappa shape index (κ2) is 4.71. The number of halogens is 1. The molecule has 2 heteroatoms. The predicted octanol–water partition coefficient (Wildman–Crippen LogP) is 4.34. The zero-order valence-electron chi connectivity index (χ0n) is 8.21. The fraction of sp³-hybridized carbons (Fsp3) is 0.500. The first-order chi connectivity index (χ1) is 6.85. The molecule has 0 N–H and O–H groups in total. The number of hydrogen-bond acceptors (Lipinski definition) is 1. The minimum atomic E-state index is 0.598. The van der Waals surface area contributed by atoms with E-state index in [1.807, 2.05) is 11.8 Å². The SMILES string of the molecule is BrCC1(CSc2ccccc2)CCC1. The van der Waals surface area contributed by atoms with E-state index in [9.17, 15) is 0 Å². The Morgan fingerprint density at radius 2 is 1.93 bits per heavy atom. The van der Waals surface area contributed by atoms with Crippen LogP contribution in [0.3, 0.4) is 0 Å². The molecule has 0 saturated heterocycles. The van der Waals surface area contributed by atoms with Crippen molar-refractivity contribution in [3.63, 3.8) is 0 Å². The molecule has 0 nitrogen and oxygen atoms in total. The largest absolute Gasteiger partial charge is 0.126 e. The summed E-state index contributed by atoms with van der Waals surface area (Å²) in [6.07, 6.45) is 4.22. The van der Waals surface area contributed by atoms with Crippen molar-refractivity contribution in [2.45, 2.75) is 24.2 Å². The van der Waals surface area contributed by atoms with E-state index in [0.717, 1.165) is 0 Å². The van der Waals surface area contributed by atoms with Crippen LogP contribution in [0.2, 0.25) is 0 Å². The second-order valence-corrected chi connectivity index (χ2v) is 5.70. The zero-order valence-corrected chi connectivity index (χ0v) is 10.6. The molecule has 0 aliphatic heterocycles. The van der Waals surface area contributed by atoms with Crippen LogP contribution in [0, 0.1) is 5.41 Å². The van der Waals surface area contributed by atoms with Gasteiger partial charge in [0.2, 0.25) is 0 Å². The first-order valence-corrected chi connectivity index (χ1v) is 7.19. The fourth-order valence-corrected chi connectivity index (χ4v) is 3.98. The van der Waals surface area contributed by atoms with Crippen LogP contribution in [0.25, 0.3) is 0 Å². The molecule has 2 rings (SSSR count). The van der Waals surface area contributed by atoms with Gasteiger partial charge in [0.25, 0.3) is 0 Å². The molecule has 1 aromatic rings. The molecule has 0 aromatic heterocycles. The Kier molecular flexibility index (Phi) is 3.56. The van der Waals surface area contributed by atoms with Crippen LogP contribution in [-0.2, 0) is 0 Å². The van der Waals surface area contributed by atoms with Crippen LogP contribution in [-0.4, -0.2) is 11.1 Å². The third kappa shape index (κ3) is 2.34. The Balaban J connectivity index is 1.88. The van der Waals surface area contributed by atoms with Gasteiger partial charge in [-0.2, -0.15) is 0 Å². The highest BCUT2D eigenvalue weighted by Gasteiger charge is 2.35. The van der Waals surface area contributed by atoms with Gasteiger partial charge in [0.1, 0.15) is 0 Å². The third-order valence-corrected chi connectivity index (χ3v) is 5.54. The molecule has 0 heterocycles. The smallest absolute Gasteiger partial charge is 0.00959 e. The molecule has 14 heavy (non-hydrogen) atoms. The van der Waals surface area contributed by atoms with E-state index in [-0.39, 0.29) is 0 Å². The Morgan fingerprint density at radius 1 is 1.21 bits per heavy atom. The lowest BCUT2D eigenvalue weighted by Crippen LogP contribution is -2.33. The molecule has 0 spiro atoms. The van der Waals surface area contributed by atoms with Gasteiger partial charge in [-0.1, -0.05) is 40.5 Å². The van der Waals surface area contributed by atoms with Gasteiger partial charge in [-0.25, -0.2) is 0 Å². The molecule has 76 valence electrons. The Morgan fingerprint density at radius 3 is 2.43 bits per heavy atom. The van der Waals surface area contributed by atoms with Gasteiger partial charge in [-0.3, -0.25) is 0 Å². The molecular formula is C12H15BrS. The summed E-state index contributed by atoms with van der Waals surface area (Å²) in [6, 6.07) is 10.7. The van der Waals surface area contributed by atoms with Gasteiger partial charge in [0, 0.05) is 16.0 Å². The summed E-state index contributed by atoms with van der Waals surface area (Å²) in [5.41, 5.74) is 0.598. The van der Waals surface area contributed by atoms with Crippen molar-refractivity contribution in [3.05, 3.63) is 30.3 Å². The number of alkyl halides is 1. The Bertz CT molecular complexity index is 274. The van der Waals surface area contributed by atoms with Gasteiger partial charge >= 0.3 is 0 Å². The first kappa shape index (κ1) is 10.6. The molecule has 0 atom stereocenters. The van der Waals surface area contributed by atoms with Gasteiger partial charge in [-0.15, -0.1) is 11.8 Å². The maximum absolute atomic E-state index is 3.64. The molecule has 1 saturated carbocycles. The van der Waals surface area contributed by atoms with Crippen LogP contribution < -0.4 is 0 Å². The van der Waals surface area contributed by atoms with Gasteiger partial charge < -0.3 is 0 Å². The lowest BCUT2D eigenvalue weighted by Gasteiger charge is -2.40. The highest BCUT2D eigenvalue weighted by molar-refractivity contribution is 9.09. The molecule has 1 aliphatic rings. The van der Waals surface area contributed by atoms with E-state index in [4.69, 9.17) is 0 Å². The van der Waals surface area contributed by atoms with E-state index >= 15 is 0 Å². The highest BCUT2D eigenvalue weighted by Crippen LogP contribution is 2.45. The Hall–Kier alpha value is 0.0500. The van der Waals surface area contributed by atoms with Crippen molar-refractivity contribution in [2.75, 3.05) is 11.1 Å². The van der Waals surface area contributed by atoms with E-state index < -0.39 is 0 Å². The second-order valence-electron chi connectivity index (χ2n) is 4.09. The van der Waals surface area contributed by atoms with Crippen molar-refractivity contribution in [3.8, 4) is 0 Å². The highest BCUT2D eigenvalue weighted by atomic mass is 79.9. The molecule has 1 fully saturated rings. The zero-order chi connectivity index (χ0) is 9.86. The predicted molar refractivity (Wildman–Crippen MR) is 67.2 cm³/mol. The van der Waals surface area contributed by atoms with Gasteiger partial charge in [0.15, 0.2) is 0 Å². The molecule has 0 bridgehead atoms. The summed E-state index contributed by atoms with van der Waals surface area (Å²) in [5, 5.41) is 1.17. The van der Waals surface area contributed by atoms with E-state index in [1.165, 1.54) is 35.2 Å². The average Bonchev–Trinajstić information content (AvgIpc) is 2.19. The van der Waals surface area contributed by atoms with Crippen LogP contribution >= 0.6 is 27.7 Å². The van der Waals surface area contributed by atoms with Crippen molar-refractivity contribution in [1.82, 2.24) is 0 Å². The number of rotatable bonds is 4. The van der Waals surface area contributed by atoms with Crippen LogP contribution in [0.1, 0.15) is 19.3 Å².